The standard InChI is InChI=1S/C25H34FN5O2/c1-16-28-23-9-10-29(25(32)33-2)15-24(23)31(16)21-13-19-6-7-20(14-21)30(19)11-8-22(27)17-4-3-5-18(26)12-17/h3-5,12,19-22H,6-11,13-15,27H2,1-2H3/t19-,20+,21+,22-/m0/s1. The van der Waals surface area contributed by atoms with Gasteiger partial charge in [0.05, 0.1) is 25.0 Å². The molecule has 4 heterocycles. The van der Waals surface area contributed by atoms with E-state index in [0.717, 1.165) is 49.3 Å². The van der Waals surface area contributed by atoms with Crippen molar-refractivity contribution in [2.45, 2.75) is 76.2 Å². The summed E-state index contributed by atoms with van der Waals surface area (Å²) in [5.74, 6) is 0.825. The molecule has 2 aromatic rings. The number of carbonyl (C=O) groups excluding carboxylic acids is 1. The van der Waals surface area contributed by atoms with Crippen LogP contribution in [0.25, 0.3) is 0 Å². The fourth-order valence-electron chi connectivity index (χ4n) is 6.30. The van der Waals surface area contributed by atoms with Crippen LogP contribution < -0.4 is 5.73 Å². The van der Waals surface area contributed by atoms with Crippen LogP contribution in [0.15, 0.2) is 24.3 Å². The van der Waals surface area contributed by atoms with Crippen LogP contribution in [-0.4, -0.2) is 57.7 Å². The number of carbonyl (C=O) groups is 1. The maximum absolute atomic E-state index is 13.6. The molecule has 3 aliphatic heterocycles. The number of fused-ring (bicyclic) bond motifs is 3. The molecule has 5 rings (SSSR count). The summed E-state index contributed by atoms with van der Waals surface area (Å²) in [5, 5.41) is 0. The molecule has 7 nitrogen and oxygen atoms in total. The van der Waals surface area contributed by atoms with Gasteiger partial charge in [-0.15, -0.1) is 0 Å². The number of imidazole rings is 1. The van der Waals surface area contributed by atoms with Gasteiger partial charge in [0.2, 0.25) is 0 Å². The van der Waals surface area contributed by atoms with Crippen molar-refractivity contribution in [3.05, 3.63) is 52.9 Å². The lowest BCUT2D eigenvalue weighted by atomic mass is 9.95. The Bertz CT molecular complexity index is 1010. The molecule has 3 aliphatic rings. The number of nitrogens with zero attached hydrogens (tertiary/aromatic N) is 4. The number of hydrogen-bond donors (Lipinski definition) is 1. The van der Waals surface area contributed by atoms with Gasteiger partial charge in [-0.05, 0) is 56.7 Å². The highest BCUT2D eigenvalue weighted by atomic mass is 19.1. The molecule has 178 valence electrons. The van der Waals surface area contributed by atoms with E-state index in [-0.39, 0.29) is 18.0 Å². The number of halogens is 1. The first kappa shape index (κ1) is 22.3. The first-order valence-corrected chi connectivity index (χ1v) is 12.1. The first-order valence-electron chi connectivity index (χ1n) is 12.1. The summed E-state index contributed by atoms with van der Waals surface area (Å²) in [5.41, 5.74) is 9.57. The quantitative estimate of drug-likeness (QED) is 0.744. The molecule has 33 heavy (non-hydrogen) atoms. The minimum atomic E-state index is -0.268. The number of nitrogens with two attached hydrogens (primary N) is 1. The second kappa shape index (κ2) is 9.06. The second-order valence-corrected chi connectivity index (χ2v) is 9.76. The molecule has 2 saturated heterocycles. The highest BCUT2D eigenvalue weighted by Crippen LogP contribution is 2.42. The Hall–Kier alpha value is -2.45. The lowest BCUT2D eigenvalue weighted by Crippen LogP contribution is -2.45. The van der Waals surface area contributed by atoms with Crippen LogP contribution in [0.4, 0.5) is 9.18 Å². The molecular weight excluding hydrogens is 421 g/mol. The van der Waals surface area contributed by atoms with E-state index in [2.05, 4.69) is 16.4 Å². The number of piperidine rings is 1. The molecule has 0 unspecified atom stereocenters. The minimum absolute atomic E-state index is 0.148. The number of aromatic nitrogens is 2. The summed E-state index contributed by atoms with van der Waals surface area (Å²) in [7, 11) is 1.44. The SMILES string of the molecule is COC(=O)N1CCc2nc(C)n([C@H]3C[C@H]4CC[C@@H](C3)N4CC[C@H](N)c3cccc(F)c3)c2C1. The zero-order valence-electron chi connectivity index (χ0n) is 19.5. The van der Waals surface area contributed by atoms with Crippen molar-refractivity contribution in [1.82, 2.24) is 19.4 Å². The number of hydrogen-bond acceptors (Lipinski definition) is 5. The molecule has 0 radical (unpaired) electrons. The Labute approximate surface area is 194 Å². The first-order chi connectivity index (χ1) is 15.9. The smallest absolute Gasteiger partial charge is 0.409 e. The molecule has 2 bridgehead atoms. The molecule has 0 spiro atoms. The molecule has 0 saturated carbocycles. The Morgan fingerprint density at radius 1 is 1.27 bits per heavy atom. The van der Waals surface area contributed by atoms with Gasteiger partial charge in [-0.3, -0.25) is 4.90 Å². The highest BCUT2D eigenvalue weighted by Gasteiger charge is 2.42. The zero-order chi connectivity index (χ0) is 23.1. The maximum Gasteiger partial charge on any atom is 0.409 e. The Kier molecular flexibility index (Phi) is 6.14. The normalized spacial score (nSPS) is 25.7. The third kappa shape index (κ3) is 4.26. The number of aryl methyl sites for hydroxylation is 1. The van der Waals surface area contributed by atoms with Gasteiger partial charge in [0, 0.05) is 43.7 Å². The fraction of sp³-hybridized carbons (Fsp3) is 0.600. The van der Waals surface area contributed by atoms with E-state index < -0.39 is 0 Å². The number of rotatable bonds is 5. The fourth-order valence-corrected chi connectivity index (χ4v) is 6.30. The van der Waals surface area contributed by atoms with Crippen molar-refractivity contribution in [3.8, 4) is 0 Å². The largest absolute Gasteiger partial charge is 0.453 e. The van der Waals surface area contributed by atoms with Crippen LogP contribution in [0.3, 0.4) is 0 Å². The van der Waals surface area contributed by atoms with Gasteiger partial charge in [-0.2, -0.15) is 0 Å². The van der Waals surface area contributed by atoms with E-state index >= 15 is 0 Å². The molecule has 4 atom stereocenters. The van der Waals surface area contributed by atoms with Crippen LogP contribution in [-0.2, 0) is 17.7 Å². The Morgan fingerprint density at radius 3 is 2.73 bits per heavy atom. The molecule has 1 aromatic carbocycles. The number of benzene rings is 1. The molecule has 1 amide bonds. The van der Waals surface area contributed by atoms with E-state index in [4.69, 9.17) is 15.5 Å². The van der Waals surface area contributed by atoms with E-state index in [1.54, 1.807) is 17.0 Å². The third-order valence-electron chi connectivity index (χ3n) is 7.86. The average molecular weight is 456 g/mol. The second-order valence-electron chi connectivity index (χ2n) is 9.76. The zero-order valence-corrected chi connectivity index (χ0v) is 19.5. The lowest BCUT2D eigenvalue weighted by Gasteiger charge is -2.41. The topological polar surface area (TPSA) is 76.6 Å². The van der Waals surface area contributed by atoms with Crippen molar-refractivity contribution in [2.24, 2.45) is 5.73 Å². The maximum atomic E-state index is 13.6. The molecule has 8 heteroatoms. The Balaban J connectivity index is 1.27. The van der Waals surface area contributed by atoms with Gasteiger partial charge in [-0.1, -0.05) is 12.1 Å². The van der Waals surface area contributed by atoms with Crippen LogP contribution in [0, 0.1) is 12.7 Å². The molecular formula is C25H34FN5O2. The Morgan fingerprint density at radius 2 is 2.03 bits per heavy atom. The van der Waals surface area contributed by atoms with Gasteiger partial charge in [0.1, 0.15) is 11.6 Å². The van der Waals surface area contributed by atoms with Crippen LogP contribution in [0.5, 0.6) is 0 Å². The number of amides is 1. The van der Waals surface area contributed by atoms with Crippen molar-refractivity contribution >= 4 is 6.09 Å². The monoisotopic (exact) mass is 455 g/mol. The summed E-state index contributed by atoms with van der Waals surface area (Å²) in [6.45, 7) is 4.26. The predicted octanol–water partition coefficient (Wildman–Crippen LogP) is 3.71. The number of methoxy groups -OCH3 is 1. The average Bonchev–Trinajstić information content (AvgIpc) is 3.26. The molecule has 0 aliphatic carbocycles. The van der Waals surface area contributed by atoms with E-state index in [1.807, 2.05) is 6.07 Å². The van der Waals surface area contributed by atoms with Gasteiger partial charge in [0.15, 0.2) is 0 Å². The summed E-state index contributed by atoms with van der Waals surface area (Å²) < 4.78 is 20.9. The molecule has 1 aromatic heterocycles. The van der Waals surface area contributed by atoms with E-state index in [9.17, 15) is 9.18 Å². The van der Waals surface area contributed by atoms with Gasteiger partial charge in [0.25, 0.3) is 0 Å². The third-order valence-corrected chi connectivity index (χ3v) is 7.86. The van der Waals surface area contributed by atoms with Crippen LogP contribution in [0.1, 0.15) is 67.0 Å². The molecule has 2 fully saturated rings. The lowest BCUT2D eigenvalue weighted by molar-refractivity contribution is 0.0974. The van der Waals surface area contributed by atoms with Gasteiger partial charge >= 0.3 is 6.09 Å². The van der Waals surface area contributed by atoms with Crippen molar-refractivity contribution < 1.29 is 13.9 Å². The van der Waals surface area contributed by atoms with E-state index in [0.29, 0.717) is 31.2 Å². The summed E-state index contributed by atoms with van der Waals surface area (Å²) in [6.07, 6.45) is 5.94. The van der Waals surface area contributed by atoms with Crippen molar-refractivity contribution in [1.29, 1.82) is 0 Å². The highest BCUT2D eigenvalue weighted by molar-refractivity contribution is 5.67. The molecule has 2 N–H and O–H groups in total. The minimum Gasteiger partial charge on any atom is -0.453 e. The number of ether oxygens (including phenoxy) is 1. The van der Waals surface area contributed by atoms with Gasteiger partial charge < -0.3 is 19.9 Å². The van der Waals surface area contributed by atoms with Crippen LogP contribution in [0.2, 0.25) is 0 Å². The van der Waals surface area contributed by atoms with Gasteiger partial charge in [-0.25, -0.2) is 14.2 Å². The summed E-state index contributed by atoms with van der Waals surface area (Å²) in [4.78, 5) is 21.4. The predicted molar refractivity (Wildman–Crippen MR) is 123 cm³/mol. The van der Waals surface area contributed by atoms with Crippen molar-refractivity contribution in [3.63, 3.8) is 0 Å². The summed E-state index contributed by atoms with van der Waals surface area (Å²) >= 11 is 0. The van der Waals surface area contributed by atoms with E-state index in [1.165, 1.54) is 31.7 Å². The van der Waals surface area contributed by atoms with Crippen LogP contribution >= 0.6 is 0 Å². The van der Waals surface area contributed by atoms with Crippen molar-refractivity contribution in [2.75, 3.05) is 20.2 Å². The summed E-state index contributed by atoms with van der Waals surface area (Å²) in [6, 6.07) is 7.98.